The molecule has 8 heteroatoms. The van der Waals surface area contributed by atoms with E-state index in [4.69, 9.17) is 10.5 Å². The summed E-state index contributed by atoms with van der Waals surface area (Å²) >= 11 is 2.31. The number of ether oxygens (including phenoxy) is 1. The largest absolute Gasteiger partial charge is 0.369 e. The number of alkyl halides is 1. The number of rotatable bonds is 2. The molecular weight excluding hydrogens is 349 g/mol. The van der Waals surface area contributed by atoms with E-state index in [-0.39, 0.29) is 23.8 Å². The van der Waals surface area contributed by atoms with Crippen LogP contribution in [0.25, 0.3) is 11.2 Å². The highest BCUT2D eigenvalue weighted by Gasteiger charge is 2.27. The number of aromatic nitrogens is 4. The van der Waals surface area contributed by atoms with E-state index in [1.54, 1.807) is 10.9 Å². The fraction of sp³-hybridized carbons (Fsp3) is 0.500. The summed E-state index contributed by atoms with van der Waals surface area (Å²) < 4.78 is 8.61. The van der Waals surface area contributed by atoms with Gasteiger partial charge >= 0.3 is 0 Å². The Labute approximate surface area is 116 Å². The lowest BCUT2D eigenvalue weighted by Gasteiger charge is -2.13. The molecule has 1 aliphatic heterocycles. The van der Waals surface area contributed by atoms with Crippen molar-refractivity contribution in [2.75, 3.05) is 10.2 Å². The minimum atomic E-state index is -0.320. The average Bonchev–Trinajstić information content (AvgIpc) is 2.93. The lowest BCUT2D eigenvalue weighted by molar-refractivity contribution is 0.0166. The van der Waals surface area contributed by atoms with Crippen LogP contribution in [0.4, 0.5) is 5.95 Å². The Balaban J connectivity index is 2.05. The second kappa shape index (κ2) is 4.50. The first kappa shape index (κ1) is 11.9. The van der Waals surface area contributed by atoms with Gasteiger partial charge in [-0.1, -0.05) is 22.6 Å². The van der Waals surface area contributed by atoms with Crippen molar-refractivity contribution in [2.45, 2.75) is 25.2 Å². The van der Waals surface area contributed by atoms with E-state index in [1.807, 2.05) is 0 Å². The molecule has 3 N–H and O–H groups in total. The summed E-state index contributed by atoms with van der Waals surface area (Å²) in [5.41, 5.74) is 6.01. The quantitative estimate of drug-likeness (QED) is 0.610. The maximum absolute atomic E-state index is 11.7. The number of hydrogen-bond donors (Lipinski definition) is 2. The summed E-state index contributed by atoms with van der Waals surface area (Å²) in [7, 11) is 0. The van der Waals surface area contributed by atoms with Crippen molar-refractivity contribution in [1.29, 1.82) is 0 Å². The lowest BCUT2D eigenvalue weighted by Crippen LogP contribution is -2.15. The number of aromatic amines is 1. The summed E-state index contributed by atoms with van der Waals surface area (Å²) in [5, 5.41) is 0. The number of anilines is 1. The lowest BCUT2D eigenvalue weighted by atomic mass is 10.2. The van der Waals surface area contributed by atoms with Gasteiger partial charge in [0.05, 0.1) is 12.4 Å². The molecule has 0 radical (unpaired) electrons. The van der Waals surface area contributed by atoms with Crippen molar-refractivity contribution in [3.05, 3.63) is 16.7 Å². The molecular formula is C10H12IN5O2. The number of halogens is 1. The van der Waals surface area contributed by atoms with E-state index >= 15 is 0 Å². The van der Waals surface area contributed by atoms with E-state index in [0.29, 0.717) is 11.2 Å². The molecule has 96 valence electrons. The molecule has 0 bridgehead atoms. The summed E-state index contributed by atoms with van der Waals surface area (Å²) in [6.45, 7) is 0. The highest BCUT2D eigenvalue weighted by atomic mass is 127. The molecule has 0 saturated carbocycles. The van der Waals surface area contributed by atoms with E-state index < -0.39 is 0 Å². The van der Waals surface area contributed by atoms with Crippen molar-refractivity contribution in [3.63, 3.8) is 0 Å². The zero-order valence-corrected chi connectivity index (χ0v) is 11.6. The van der Waals surface area contributed by atoms with Gasteiger partial charge in [0.1, 0.15) is 6.23 Å². The van der Waals surface area contributed by atoms with Crippen LogP contribution in [-0.4, -0.2) is 30.1 Å². The SMILES string of the molecule is Nc1nc2c(ncn2[C@H]2CC[C@@H](CI)O2)c(=O)[nH]1. The third-order valence-corrected chi connectivity index (χ3v) is 4.00. The zero-order valence-electron chi connectivity index (χ0n) is 9.47. The van der Waals surface area contributed by atoms with Gasteiger partial charge in [0.25, 0.3) is 5.56 Å². The molecule has 2 atom stereocenters. The van der Waals surface area contributed by atoms with Crippen molar-refractivity contribution in [1.82, 2.24) is 19.5 Å². The van der Waals surface area contributed by atoms with Crippen LogP contribution in [0.2, 0.25) is 0 Å². The van der Waals surface area contributed by atoms with Gasteiger partial charge < -0.3 is 10.5 Å². The molecule has 0 aromatic carbocycles. The Morgan fingerprint density at radius 3 is 3.17 bits per heavy atom. The summed E-state index contributed by atoms with van der Waals surface area (Å²) in [5.74, 6) is 0.0951. The molecule has 1 saturated heterocycles. The van der Waals surface area contributed by atoms with Gasteiger partial charge in [-0.15, -0.1) is 0 Å². The molecule has 0 spiro atoms. The Morgan fingerprint density at radius 1 is 1.61 bits per heavy atom. The van der Waals surface area contributed by atoms with Crippen molar-refractivity contribution < 1.29 is 4.74 Å². The smallest absolute Gasteiger partial charge is 0.280 e. The second-order valence-corrected chi connectivity index (χ2v) is 5.10. The standard InChI is InChI=1S/C10H12IN5O2/c11-3-5-1-2-6(18-5)16-4-13-7-8(16)14-10(12)15-9(7)17/h4-6H,1-3H2,(H3,12,14,15,17)/t5-,6+/m0/s1. The molecule has 2 aromatic heterocycles. The van der Waals surface area contributed by atoms with E-state index in [0.717, 1.165) is 17.3 Å². The van der Waals surface area contributed by atoms with Crippen molar-refractivity contribution in [2.24, 2.45) is 0 Å². The van der Waals surface area contributed by atoms with Gasteiger partial charge in [-0.05, 0) is 12.8 Å². The summed E-state index contributed by atoms with van der Waals surface area (Å²) in [6.07, 6.45) is 3.64. The molecule has 1 fully saturated rings. The minimum Gasteiger partial charge on any atom is -0.369 e. The third kappa shape index (κ3) is 1.88. The van der Waals surface area contributed by atoms with Gasteiger partial charge in [-0.2, -0.15) is 4.98 Å². The predicted octanol–water partition coefficient (Wildman–Crippen LogP) is 0.814. The van der Waals surface area contributed by atoms with Crippen LogP contribution in [-0.2, 0) is 4.74 Å². The number of nitrogens with two attached hydrogens (primary N) is 1. The van der Waals surface area contributed by atoms with Gasteiger partial charge in [-0.25, -0.2) is 4.98 Å². The van der Waals surface area contributed by atoms with E-state index in [2.05, 4.69) is 37.5 Å². The fourth-order valence-electron chi connectivity index (χ4n) is 2.16. The number of H-pyrrole nitrogens is 1. The molecule has 3 heterocycles. The third-order valence-electron chi connectivity index (χ3n) is 3.02. The van der Waals surface area contributed by atoms with Gasteiger partial charge in [0.2, 0.25) is 5.95 Å². The van der Waals surface area contributed by atoms with Crippen LogP contribution in [0.3, 0.4) is 0 Å². The van der Waals surface area contributed by atoms with Gasteiger partial charge in [0.15, 0.2) is 11.2 Å². The summed E-state index contributed by atoms with van der Waals surface area (Å²) in [4.78, 5) is 22.3. The first-order valence-electron chi connectivity index (χ1n) is 5.63. The van der Waals surface area contributed by atoms with Crippen LogP contribution in [0.5, 0.6) is 0 Å². The Morgan fingerprint density at radius 2 is 2.44 bits per heavy atom. The molecule has 2 aromatic rings. The maximum atomic E-state index is 11.7. The summed E-state index contributed by atoms with van der Waals surface area (Å²) in [6, 6.07) is 0. The molecule has 18 heavy (non-hydrogen) atoms. The number of nitrogens with zero attached hydrogens (tertiary/aromatic N) is 3. The fourth-order valence-corrected chi connectivity index (χ4v) is 2.81. The molecule has 0 unspecified atom stereocenters. The van der Waals surface area contributed by atoms with Crippen molar-refractivity contribution in [3.8, 4) is 0 Å². The van der Waals surface area contributed by atoms with Crippen LogP contribution in [0, 0.1) is 0 Å². The highest BCUT2D eigenvalue weighted by Crippen LogP contribution is 2.30. The van der Waals surface area contributed by atoms with Gasteiger partial charge in [0, 0.05) is 4.43 Å². The predicted molar refractivity (Wildman–Crippen MR) is 74.6 cm³/mol. The average molecular weight is 361 g/mol. The second-order valence-electron chi connectivity index (χ2n) is 4.22. The molecule has 0 aliphatic carbocycles. The van der Waals surface area contributed by atoms with Crippen LogP contribution in [0.1, 0.15) is 19.1 Å². The monoisotopic (exact) mass is 361 g/mol. The van der Waals surface area contributed by atoms with Gasteiger partial charge in [-0.3, -0.25) is 14.3 Å². The molecule has 3 rings (SSSR count). The molecule has 0 amide bonds. The Kier molecular flexibility index (Phi) is 2.98. The topological polar surface area (TPSA) is 98.8 Å². The number of nitrogen functional groups attached to an aromatic ring is 1. The van der Waals surface area contributed by atoms with Crippen molar-refractivity contribution >= 4 is 39.7 Å². The van der Waals surface area contributed by atoms with E-state index in [1.165, 1.54) is 0 Å². The van der Waals surface area contributed by atoms with Crippen LogP contribution >= 0.6 is 22.6 Å². The normalized spacial score (nSPS) is 23.8. The first-order valence-corrected chi connectivity index (χ1v) is 7.15. The Hall–Kier alpha value is -1.16. The first-order chi connectivity index (χ1) is 8.69. The van der Waals surface area contributed by atoms with Crippen LogP contribution in [0.15, 0.2) is 11.1 Å². The molecule has 7 nitrogen and oxygen atoms in total. The number of hydrogen-bond acceptors (Lipinski definition) is 5. The zero-order chi connectivity index (χ0) is 12.7. The number of fused-ring (bicyclic) bond motifs is 1. The molecule has 1 aliphatic rings. The highest BCUT2D eigenvalue weighted by molar-refractivity contribution is 14.1. The number of imidazole rings is 1. The van der Waals surface area contributed by atoms with Crippen LogP contribution < -0.4 is 11.3 Å². The Bertz CT molecular complexity index is 637. The minimum absolute atomic E-state index is 0.0951. The van der Waals surface area contributed by atoms with E-state index in [9.17, 15) is 4.79 Å². The maximum Gasteiger partial charge on any atom is 0.280 e. The number of nitrogens with one attached hydrogen (secondary N) is 1.